The molecule has 6 heterocycles. The van der Waals surface area contributed by atoms with Crippen LogP contribution in [0.25, 0.3) is 22.5 Å². The summed E-state index contributed by atoms with van der Waals surface area (Å²) in [6.07, 6.45) is 3.57. The van der Waals surface area contributed by atoms with Crippen LogP contribution in [-0.2, 0) is 77.1 Å². The van der Waals surface area contributed by atoms with Gasteiger partial charge in [-0.2, -0.15) is 11.8 Å². The molecule has 8 N–H and O–H groups in total. The summed E-state index contributed by atoms with van der Waals surface area (Å²) in [6.45, 7) is 6.05. The van der Waals surface area contributed by atoms with E-state index in [0.717, 1.165) is 53.1 Å². The predicted octanol–water partition coefficient (Wildman–Crippen LogP) is 7.55. The second kappa shape index (κ2) is 30.0. The van der Waals surface area contributed by atoms with Crippen LogP contribution in [0.4, 0.5) is 36.6 Å². The maximum Gasteiger partial charge on any atom is 0.315 e. The molecule has 21 nitrogen and oxygen atoms in total. The molecule has 0 saturated carbocycles. The minimum Gasteiger partial charge on any atom is -0.383 e. The Morgan fingerprint density at radius 1 is 0.703 bits per heavy atom. The number of urea groups is 1. The summed E-state index contributed by atoms with van der Waals surface area (Å²) in [5.74, 6) is 0.127. The highest BCUT2D eigenvalue weighted by molar-refractivity contribution is 8.00. The summed E-state index contributed by atoms with van der Waals surface area (Å²) < 4.78 is 54.1. The molecule has 0 aliphatic carbocycles. The summed E-state index contributed by atoms with van der Waals surface area (Å²) >= 11 is 1.87. The van der Waals surface area contributed by atoms with Crippen LogP contribution in [0.5, 0.6) is 0 Å². The zero-order chi connectivity index (χ0) is 63.4. The van der Waals surface area contributed by atoms with Gasteiger partial charge in [0.25, 0.3) is 0 Å². The largest absolute Gasteiger partial charge is 0.383 e. The highest BCUT2D eigenvalue weighted by atomic mass is 32.2. The topological polar surface area (TPSA) is 265 Å². The van der Waals surface area contributed by atoms with Gasteiger partial charge in [0.1, 0.15) is 52.9 Å². The van der Waals surface area contributed by atoms with Crippen molar-refractivity contribution in [1.82, 2.24) is 40.0 Å². The monoisotopic (exact) mass is 1260 g/mol. The van der Waals surface area contributed by atoms with Gasteiger partial charge in [0.2, 0.25) is 23.6 Å². The highest BCUT2D eigenvalue weighted by Crippen LogP contribution is 2.41. The van der Waals surface area contributed by atoms with Gasteiger partial charge in [0, 0.05) is 59.1 Å². The van der Waals surface area contributed by atoms with E-state index in [-0.39, 0.29) is 104 Å². The molecule has 0 spiro atoms. The Morgan fingerprint density at radius 3 is 2.02 bits per heavy atom. The number of aryl methyl sites for hydroxylation is 1. The minimum atomic E-state index is -0.793. The van der Waals surface area contributed by atoms with Crippen molar-refractivity contribution >= 4 is 64.4 Å². The molecular formula is C67H76F2N12O9S. The highest BCUT2D eigenvalue weighted by Gasteiger charge is 2.48. The first kappa shape index (κ1) is 63.9. The average molecular weight is 1260 g/mol. The Hall–Kier alpha value is -8.68. The van der Waals surface area contributed by atoms with Crippen molar-refractivity contribution in [2.75, 3.05) is 81.9 Å². The lowest BCUT2D eigenvalue weighted by atomic mass is 9.92. The molecule has 5 aromatic carbocycles. The molecule has 0 bridgehead atoms. The van der Waals surface area contributed by atoms with Crippen LogP contribution in [-0.4, -0.2) is 142 Å². The van der Waals surface area contributed by atoms with Crippen molar-refractivity contribution in [2.45, 2.75) is 100 Å². The molecule has 5 atom stereocenters. The summed E-state index contributed by atoms with van der Waals surface area (Å²) in [5, 5.41) is 13.0. The Balaban J connectivity index is 0.529. The number of nitrogens with zero attached hydrogens (tertiary/aromatic N) is 6. The number of amides is 6. The fraction of sp³-hybridized carbons (Fsp3) is 0.388. The van der Waals surface area contributed by atoms with Crippen LogP contribution in [0.2, 0.25) is 0 Å². The van der Waals surface area contributed by atoms with Crippen LogP contribution < -0.4 is 37.6 Å². The zero-order valence-electron chi connectivity index (χ0n) is 50.8. The third-order valence-corrected chi connectivity index (χ3v) is 18.6. The number of nitrogen functional groups attached to an aromatic ring is 1. The Morgan fingerprint density at radius 2 is 1.33 bits per heavy atom. The molecule has 4 aliphatic heterocycles. The summed E-state index contributed by atoms with van der Waals surface area (Å²) in [7, 11) is 0. The van der Waals surface area contributed by atoms with Crippen molar-refractivity contribution < 1.29 is 51.7 Å². The third kappa shape index (κ3) is 15.9. The number of fused-ring (bicyclic) bond motifs is 3. The maximum absolute atomic E-state index is 14.0. The number of hydrogen-bond donors (Lipinski definition) is 6. The lowest BCUT2D eigenvalue weighted by Crippen LogP contribution is -2.40. The summed E-state index contributed by atoms with van der Waals surface area (Å²) in [5.41, 5.74) is 20.1. The number of carbonyl (C=O) groups excluding carboxylic acids is 5. The number of nitrogens with one attached hydrogen (secondary N) is 4. The molecule has 478 valence electrons. The van der Waals surface area contributed by atoms with E-state index in [1.165, 1.54) is 24.3 Å². The van der Waals surface area contributed by atoms with Gasteiger partial charge in [-0.3, -0.25) is 19.2 Å². The lowest BCUT2D eigenvalue weighted by Gasteiger charge is -2.29. The molecule has 11 rings (SSSR count). The summed E-state index contributed by atoms with van der Waals surface area (Å²) in [4.78, 5) is 78.5. The van der Waals surface area contributed by atoms with Crippen LogP contribution in [0, 0.1) is 18.6 Å². The molecule has 2 saturated heterocycles. The van der Waals surface area contributed by atoms with Crippen LogP contribution in [0.15, 0.2) is 121 Å². The number of hydrogen-bond acceptors (Lipinski definition) is 14. The molecular weight excluding hydrogens is 1190 g/mol. The Kier molecular flexibility index (Phi) is 21.0. The van der Waals surface area contributed by atoms with Gasteiger partial charge in [0.05, 0.1) is 90.4 Å². The fourth-order valence-corrected chi connectivity index (χ4v) is 13.9. The molecule has 24 heteroatoms. The molecule has 91 heavy (non-hydrogen) atoms. The zero-order valence-corrected chi connectivity index (χ0v) is 51.6. The second-order valence-electron chi connectivity index (χ2n) is 23.1. The number of rotatable bonds is 30. The smallest absolute Gasteiger partial charge is 0.315 e. The van der Waals surface area contributed by atoms with Gasteiger partial charge in [-0.05, 0) is 116 Å². The van der Waals surface area contributed by atoms with Crippen LogP contribution in [0.1, 0.15) is 65.5 Å². The van der Waals surface area contributed by atoms with E-state index < -0.39 is 11.8 Å². The van der Waals surface area contributed by atoms with Gasteiger partial charge >= 0.3 is 6.03 Å². The van der Waals surface area contributed by atoms with Crippen molar-refractivity contribution in [3.8, 4) is 22.5 Å². The molecule has 2 aromatic heterocycles. The second-order valence-corrected chi connectivity index (χ2v) is 24.6. The molecule has 4 aliphatic rings. The fourth-order valence-electron chi connectivity index (χ4n) is 12.1. The maximum atomic E-state index is 14.0. The first-order valence-corrected chi connectivity index (χ1v) is 31.8. The number of primary amides is 1. The van der Waals surface area contributed by atoms with E-state index in [4.69, 9.17) is 40.4 Å². The number of imidazole rings is 2. The normalized spacial score (nSPS) is 17.9. The number of aromatic nitrogens is 4. The molecule has 6 amide bonds. The number of carbonyl (C=O) groups is 5. The van der Waals surface area contributed by atoms with E-state index in [9.17, 15) is 32.8 Å². The van der Waals surface area contributed by atoms with E-state index in [0.29, 0.717) is 111 Å². The molecule has 7 aromatic rings. The van der Waals surface area contributed by atoms with Crippen molar-refractivity contribution in [2.24, 2.45) is 5.73 Å². The third-order valence-electron chi connectivity index (χ3n) is 16.9. The van der Waals surface area contributed by atoms with Gasteiger partial charge < -0.3 is 70.6 Å². The Bertz CT molecular complexity index is 3680. The van der Waals surface area contributed by atoms with Crippen molar-refractivity contribution in [3.63, 3.8) is 0 Å². The minimum absolute atomic E-state index is 0.00868. The van der Waals surface area contributed by atoms with Gasteiger partial charge in [-0.15, -0.1) is 0 Å². The van der Waals surface area contributed by atoms with E-state index in [1.54, 1.807) is 44.7 Å². The van der Waals surface area contributed by atoms with E-state index in [1.807, 2.05) is 85.4 Å². The van der Waals surface area contributed by atoms with E-state index in [2.05, 4.69) is 25.8 Å². The SMILES string of the molecule is Cc1ccc(Nc2c(-c3ccc(F)cc3)nc3n2CCN(C(=O)Cc2ccccc2C(COCCOCCOCCOCCNC(=O)CCCCC2SC(Cc4ccc(N5Cc6nc(-c7ccc(F)cc7)c(N)n6CC5=O)cc4)C4NC(=O)NC24)C(N)=O)C3)cc1. The number of nitrogens with two attached hydrogens (primary N) is 2. The summed E-state index contributed by atoms with van der Waals surface area (Å²) in [6, 6.07) is 35.2. The average Bonchev–Trinajstić information content (AvgIpc) is 1.69. The van der Waals surface area contributed by atoms with Gasteiger partial charge in [0.15, 0.2) is 0 Å². The Labute approximate surface area is 530 Å². The number of unbranched alkanes of at least 4 members (excludes halogenated alkanes) is 1. The number of ether oxygens (including phenoxy) is 4. The van der Waals surface area contributed by atoms with E-state index >= 15 is 0 Å². The number of benzene rings is 5. The van der Waals surface area contributed by atoms with Crippen molar-refractivity contribution in [1.29, 1.82) is 0 Å². The van der Waals surface area contributed by atoms with Gasteiger partial charge in [-0.25, -0.2) is 23.5 Å². The number of thioether (sulfide) groups is 1. The van der Waals surface area contributed by atoms with Gasteiger partial charge in [-0.1, -0.05) is 60.5 Å². The van der Waals surface area contributed by atoms with Crippen molar-refractivity contribution in [3.05, 3.63) is 167 Å². The molecule has 2 fully saturated rings. The molecule has 0 radical (unpaired) electrons. The lowest BCUT2D eigenvalue weighted by molar-refractivity contribution is -0.132. The number of anilines is 4. The quantitative estimate of drug-likeness (QED) is 0.0188. The van der Waals surface area contributed by atoms with Crippen LogP contribution in [0.3, 0.4) is 0 Å². The first-order chi connectivity index (χ1) is 44.2. The number of halogens is 2. The first-order valence-electron chi connectivity index (χ1n) is 30.9. The predicted molar refractivity (Wildman–Crippen MR) is 342 cm³/mol. The van der Waals surface area contributed by atoms with Crippen LogP contribution >= 0.6 is 11.8 Å². The molecule has 5 unspecified atom stereocenters. The standard InChI is InChI=1S/C67H76F2N12O9S/c1-42-10-22-49(23-11-42)73-66-61(45-16-20-48(69)21-17-45)75-55-38-78(27-28-79(55)66)58(83)37-46-6-2-3-7-51(46)52(65(71)85)41-90-35-34-89-33-32-88-31-30-87-29-26-72-57(82)9-5-4-8-53-62-63(77-67(86)76-62)54(91-53)36-43-12-24-50(25-13-43)80-39-56-74-60(44-14-18-47(68)19-15-44)64(70)81(56)40-59(80)84/h2-3,6-7,10-25,52-54,62-63,73H,4-5,8-9,26-41,70H2,1H3,(H2,71,85)(H,72,82)(H2,76,77,86).